The molecule has 0 unspecified atom stereocenters. The molecule has 5 nitrogen and oxygen atoms in total. The number of nitrogens with zero attached hydrogens (tertiary/aromatic N) is 4. The highest BCUT2D eigenvalue weighted by Gasteiger charge is 2.30. The zero-order valence-corrected chi connectivity index (χ0v) is 17.4. The third-order valence-corrected chi connectivity index (χ3v) is 6.19. The van der Waals surface area contributed by atoms with Crippen LogP contribution in [0.2, 0.25) is 0 Å². The van der Waals surface area contributed by atoms with Gasteiger partial charge in [-0.1, -0.05) is 25.5 Å². The lowest BCUT2D eigenvalue weighted by molar-refractivity contribution is 0.0993. The second-order valence-electron chi connectivity index (χ2n) is 8.09. The number of rotatable bonds is 7. The maximum absolute atomic E-state index is 13.0. The first-order valence-corrected chi connectivity index (χ1v) is 11.0. The zero-order chi connectivity index (χ0) is 20.2. The van der Waals surface area contributed by atoms with Gasteiger partial charge in [-0.2, -0.15) is 5.26 Å². The largest absolute Gasteiger partial charge is 0.370 e. The van der Waals surface area contributed by atoms with Crippen molar-refractivity contribution in [1.29, 1.82) is 5.26 Å². The molecule has 29 heavy (non-hydrogen) atoms. The van der Waals surface area contributed by atoms with E-state index in [0.29, 0.717) is 6.42 Å². The van der Waals surface area contributed by atoms with Crippen LogP contribution in [0.1, 0.15) is 49.4 Å². The van der Waals surface area contributed by atoms with Crippen LogP contribution in [0, 0.1) is 11.3 Å². The van der Waals surface area contributed by atoms with E-state index >= 15 is 0 Å². The van der Waals surface area contributed by atoms with Crippen LogP contribution < -0.4 is 9.80 Å². The number of benzene rings is 2. The number of unbranched alkanes of at least 4 members (excludes halogenated alkanes) is 2. The molecule has 1 saturated heterocycles. The lowest BCUT2D eigenvalue weighted by Crippen LogP contribution is -2.31. The van der Waals surface area contributed by atoms with E-state index in [1.807, 2.05) is 17.0 Å². The van der Waals surface area contributed by atoms with E-state index in [1.54, 1.807) is 0 Å². The molecule has 0 saturated carbocycles. The topological polar surface area (TPSA) is 50.6 Å². The molecular weight excluding hydrogens is 360 g/mol. The Morgan fingerprint density at radius 1 is 1.00 bits per heavy atom. The van der Waals surface area contributed by atoms with Gasteiger partial charge in [0.15, 0.2) is 0 Å². The molecular formula is C24H30N4O. The molecule has 0 bridgehead atoms. The standard InChI is InChI=1S/C24H30N4O/c1-2-3-16-28-22-11-10-21(19-8-6-9-20(23(19)22)24(28)29)27-15-7-14-26(17-18-27)13-5-4-12-25/h6,8-11H,2-5,7,13-18H2,1H3. The minimum Gasteiger partial charge on any atom is -0.370 e. The fourth-order valence-corrected chi connectivity index (χ4v) is 4.66. The first-order chi connectivity index (χ1) is 14.2. The summed E-state index contributed by atoms with van der Waals surface area (Å²) in [6.45, 7) is 8.09. The molecule has 2 aliphatic heterocycles. The van der Waals surface area contributed by atoms with E-state index in [-0.39, 0.29) is 5.91 Å². The summed E-state index contributed by atoms with van der Waals surface area (Å²) in [7, 11) is 0. The highest BCUT2D eigenvalue weighted by molar-refractivity contribution is 6.26. The Labute approximate surface area is 173 Å². The van der Waals surface area contributed by atoms with Crippen molar-refractivity contribution >= 4 is 28.1 Å². The van der Waals surface area contributed by atoms with Crippen LogP contribution in [-0.2, 0) is 0 Å². The van der Waals surface area contributed by atoms with Gasteiger partial charge in [-0.05, 0) is 50.6 Å². The second-order valence-corrected chi connectivity index (χ2v) is 8.09. The van der Waals surface area contributed by atoms with Gasteiger partial charge in [0.25, 0.3) is 5.91 Å². The Morgan fingerprint density at radius 3 is 2.69 bits per heavy atom. The molecule has 2 heterocycles. The van der Waals surface area contributed by atoms with Crippen molar-refractivity contribution in [2.75, 3.05) is 49.1 Å². The normalized spacial score (nSPS) is 17.0. The summed E-state index contributed by atoms with van der Waals surface area (Å²) in [6, 6.07) is 12.8. The van der Waals surface area contributed by atoms with Crippen molar-refractivity contribution in [3.8, 4) is 6.07 Å². The number of hydrogen-bond acceptors (Lipinski definition) is 4. The highest BCUT2D eigenvalue weighted by atomic mass is 16.2. The second kappa shape index (κ2) is 8.84. The molecule has 1 fully saturated rings. The number of amides is 1. The van der Waals surface area contributed by atoms with E-state index in [9.17, 15) is 4.79 Å². The number of carbonyl (C=O) groups excluding carboxylic acids is 1. The number of anilines is 2. The molecule has 152 valence electrons. The molecule has 2 aromatic carbocycles. The Morgan fingerprint density at radius 2 is 1.86 bits per heavy atom. The molecule has 2 aromatic rings. The third-order valence-electron chi connectivity index (χ3n) is 6.19. The minimum atomic E-state index is 0.149. The summed E-state index contributed by atoms with van der Waals surface area (Å²) in [4.78, 5) is 19.9. The highest BCUT2D eigenvalue weighted by Crippen LogP contribution is 2.41. The maximum atomic E-state index is 13.0. The molecule has 0 radical (unpaired) electrons. The Hall–Kier alpha value is -2.58. The van der Waals surface area contributed by atoms with Crippen molar-refractivity contribution in [3.63, 3.8) is 0 Å². The van der Waals surface area contributed by atoms with Gasteiger partial charge >= 0.3 is 0 Å². The lowest BCUT2D eigenvalue weighted by atomic mass is 10.0. The summed E-state index contributed by atoms with van der Waals surface area (Å²) in [5, 5.41) is 11.1. The van der Waals surface area contributed by atoms with E-state index in [4.69, 9.17) is 5.26 Å². The van der Waals surface area contributed by atoms with Crippen molar-refractivity contribution in [2.24, 2.45) is 0 Å². The molecule has 1 amide bonds. The molecule has 4 rings (SSSR count). The predicted octanol–water partition coefficient (Wildman–Crippen LogP) is 4.42. The van der Waals surface area contributed by atoms with Crippen molar-refractivity contribution in [2.45, 2.75) is 39.0 Å². The zero-order valence-electron chi connectivity index (χ0n) is 17.4. The molecule has 5 heteroatoms. The van der Waals surface area contributed by atoms with Gasteiger partial charge in [0, 0.05) is 54.6 Å². The Balaban J connectivity index is 1.59. The van der Waals surface area contributed by atoms with Crippen molar-refractivity contribution < 1.29 is 4.79 Å². The smallest absolute Gasteiger partial charge is 0.258 e. The number of nitriles is 1. The summed E-state index contributed by atoms with van der Waals surface area (Å²) >= 11 is 0. The van der Waals surface area contributed by atoms with Crippen LogP contribution >= 0.6 is 0 Å². The van der Waals surface area contributed by atoms with E-state index in [1.165, 1.54) is 11.1 Å². The molecule has 0 atom stereocenters. The van der Waals surface area contributed by atoms with Gasteiger partial charge in [-0.25, -0.2) is 0 Å². The van der Waals surface area contributed by atoms with Gasteiger partial charge in [-0.15, -0.1) is 0 Å². The molecule has 0 aliphatic carbocycles. The lowest BCUT2D eigenvalue weighted by Gasteiger charge is -2.26. The molecule has 0 spiro atoms. The van der Waals surface area contributed by atoms with Gasteiger partial charge in [0.2, 0.25) is 0 Å². The summed E-state index contributed by atoms with van der Waals surface area (Å²) in [5.74, 6) is 0.149. The maximum Gasteiger partial charge on any atom is 0.258 e. The fourth-order valence-electron chi connectivity index (χ4n) is 4.66. The summed E-state index contributed by atoms with van der Waals surface area (Å²) < 4.78 is 0. The summed E-state index contributed by atoms with van der Waals surface area (Å²) in [6.07, 6.45) is 4.82. The van der Waals surface area contributed by atoms with Crippen molar-refractivity contribution in [1.82, 2.24) is 4.90 Å². The van der Waals surface area contributed by atoms with Gasteiger partial charge < -0.3 is 14.7 Å². The van der Waals surface area contributed by atoms with Gasteiger partial charge in [0.05, 0.1) is 11.8 Å². The van der Waals surface area contributed by atoms with Crippen molar-refractivity contribution in [3.05, 3.63) is 35.9 Å². The van der Waals surface area contributed by atoms with E-state index in [0.717, 1.165) is 81.6 Å². The SMILES string of the molecule is CCCCN1C(=O)c2cccc3c(N4CCCN(CCCC#N)CC4)ccc1c23. The van der Waals surface area contributed by atoms with E-state index in [2.05, 4.69) is 41.0 Å². The first-order valence-electron chi connectivity index (χ1n) is 11.0. The van der Waals surface area contributed by atoms with Crippen LogP contribution in [0.5, 0.6) is 0 Å². The van der Waals surface area contributed by atoms with Crippen LogP contribution in [0.15, 0.2) is 30.3 Å². The molecule has 0 N–H and O–H groups in total. The number of carbonyl (C=O) groups is 1. The average molecular weight is 391 g/mol. The number of hydrogen-bond donors (Lipinski definition) is 0. The molecule has 2 aliphatic rings. The first kappa shape index (κ1) is 19.7. The predicted molar refractivity (Wildman–Crippen MR) is 119 cm³/mol. The summed E-state index contributed by atoms with van der Waals surface area (Å²) in [5.41, 5.74) is 3.17. The van der Waals surface area contributed by atoms with Crippen LogP contribution in [0.25, 0.3) is 10.8 Å². The van der Waals surface area contributed by atoms with E-state index < -0.39 is 0 Å². The molecule has 0 aromatic heterocycles. The van der Waals surface area contributed by atoms with Crippen LogP contribution in [-0.4, -0.2) is 50.1 Å². The Bertz CT molecular complexity index is 932. The van der Waals surface area contributed by atoms with Crippen LogP contribution in [0.3, 0.4) is 0 Å². The average Bonchev–Trinajstić information content (AvgIpc) is 2.88. The quantitative estimate of drug-likeness (QED) is 0.657. The van der Waals surface area contributed by atoms with Crippen LogP contribution in [0.4, 0.5) is 11.4 Å². The van der Waals surface area contributed by atoms with Gasteiger partial charge in [0.1, 0.15) is 0 Å². The third kappa shape index (κ3) is 3.82. The fraction of sp³-hybridized carbons (Fsp3) is 0.500. The monoisotopic (exact) mass is 390 g/mol. The van der Waals surface area contributed by atoms with Gasteiger partial charge in [-0.3, -0.25) is 4.79 Å². The Kier molecular flexibility index (Phi) is 6.01. The minimum absolute atomic E-state index is 0.149.